The van der Waals surface area contributed by atoms with E-state index in [1.54, 1.807) is 0 Å². The average molecular weight is 404 g/mol. The topological polar surface area (TPSA) is 114 Å². The Morgan fingerprint density at radius 2 is 0.500 bits per heavy atom. The Kier molecular flexibility index (Phi) is 473. The monoisotopic (exact) mass is 404 g/mol. The second-order valence-corrected chi connectivity index (χ2v) is 0. The molecule has 0 aromatic rings. The summed E-state index contributed by atoms with van der Waals surface area (Å²) in [6.45, 7) is 0. The van der Waals surface area contributed by atoms with Crippen LogP contribution in [0.15, 0.2) is 0 Å². The molecule has 0 N–H and O–H groups in total. The second-order valence-electron chi connectivity index (χ2n) is 0. The Labute approximate surface area is 200 Å². The molecule has 0 aliphatic heterocycles. The van der Waals surface area contributed by atoms with Gasteiger partial charge in [-0.2, -0.15) is 0 Å². The van der Waals surface area contributed by atoms with Gasteiger partial charge in [0.25, 0.3) is 0 Å². The Bertz CT molecular complexity index is 14.0. The zero-order chi connectivity index (χ0) is 0. The molecule has 0 bridgehead atoms. The van der Waals surface area contributed by atoms with Crippen molar-refractivity contribution in [3.05, 3.63) is 0 Å². The molecule has 0 aromatic heterocycles. The normalized spacial score (nSPS) is 0. The SMILES string of the molecule is [Cs+].[Cs+].[Na+].[O-2].[O-2].[O-2].[O-2].[V]. The standard InChI is InChI=1S/2Cs.Na.4O.V/q3*+1;4*-2;. The van der Waals surface area contributed by atoms with Gasteiger partial charge in [-0.3, -0.25) is 0 Å². The van der Waals surface area contributed by atoms with Gasteiger partial charge in [-0.05, 0) is 0 Å². The molecule has 0 aliphatic rings. The molecule has 0 aromatic carbocycles. The summed E-state index contributed by atoms with van der Waals surface area (Å²) in [7, 11) is 0. The average Bonchev–Trinajstić information content (AvgIpc) is 0. The first-order valence-corrected chi connectivity index (χ1v) is 0. The zero-order valence-corrected chi connectivity index (χ0v) is 21.0. The fourth-order valence-corrected chi connectivity index (χ4v) is 0. The number of hydrogen-bond donors (Lipinski definition) is 0. The third-order valence-corrected chi connectivity index (χ3v) is 0. The molecule has 0 atom stereocenters. The summed E-state index contributed by atoms with van der Waals surface area (Å²) >= 11 is 0. The first-order chi connectivity index (χ1) is 0. The summed E-state index contributed by atoms with van der Waals surface area (Å²) in [5, 5.41) is 0. The predicted molar refractivity (Wildman–Crippen MR) is 2.75 cm³/mol. The van der Waals surface area contributed by atoms with Crippen LogP contribution in [0.2, 0.25) is 0 Å². The van der Waals surface area contributed by atoms with E-state index in [9.17, 15) is 0 Å². The van der Waals surface area contributed by atoms with Crippen molar-refractivity contribution in [3.8, 4) is 0 Å². The third-order valence-electron chi connectivity index (χ3n) is 0. The Balaban J connectivity index is 0. The van der Waals surface area contributed by atoms with Crippen LogP contribution in [0, 0.1) is 0 Å². The molecular weight excluding hydrogens is 404 g/mol. The number of rotatable bonds is 0. The van der Waals surface area contributed by atoms with E-state index in [1.165, 1.54) is 0 Å². The van der Waals surface area contributed by atoms with Crippen LogP contribution < -0.4 is 167 Å². The molecule has 0 saturated heterocycles. The Morgan fingerprint density at radius 3 is 0.500 bits per heavy atom. The van der Waals surface area contributed by atoms with Crippen LogP contribution in [0.25, 0.3) is 0 Å². The van der Waals surface area contributed by atoms with Crippen LogP contribution >= 0.6 is 0 Å². The van der Waals surface area contributed by atoms with E-state index in [1.807, 2.05) is 0 Å². The van der Waals surface area contributed by atoms with Crippen molar-refractivity contribution in [2.75, 3.05) is 0 Å². The molecule has 0 fully saturated rings. The van der Waals surface area contributed by atoms with Crippen LogP contribution in [-0.4, -0.2) is 0 Å². The van der Waals surface area contributed by atoms with E-state index in [-0.39, 0.29) is 208 Å². The molecule has 0 aliphatic carbocycles. The molecule has 37 valence electrons. The first-order valence-electron chi connectivity index (χ1n) is 0. The summed E-state index contributed by atoms with van der Waals surface area (Å²) in [5.41, 5.74) is 0. The predicted octanol–water partition coefficient (Wildman–Crippen LogP) is -9.47. The van der Waals surface area contributed by atoms with Gasteiger partial charge in [0.1, 0.15) is 0 Å². The number of hydrogen-bond acceptors (Lipinski definition) is 0. The molecule has 0 saturated carbocycles. The van der Waals surface area contributed by atoms with Gasteiger partial charge in [0.15, 0.2) is 0 Å². The maximum absolute atomic E-state index is 0. The fourth-order valence-electron chi connectivity index (χ4n) is 0. The van der Waals surface area contributed by atoms with Gasteiger partial charge in [0.05, 0.1) is 0 Å². The first kappa shape index (κ1) is 69.5. The molecule has 8 heavy (non-hydrogen) atoms. The van der Waals surface area contributed by atoms with Crippen molar-refractivity contribution >= 4 is 0 Å². The minimum atomic E-state index is 0. The summed E-state index contributed by atoms with van der Waals surface area (Å²) in [6.07, 6.45) is 0. The maximum atomic E-state index is 0. The quantitative estimate of drug-likeness (QED) is 0.358. The molecule has 8 heteroatoms. The van der Waals surface area contributed by atoms with Gasteiger partial charge in [-0.25, -0.2) is 0 Å². The molecule has 1 radical (unpaired) electrons. The van der Waals surface area contributed by atoms with E-state index in [0.29, 0.717) is 0 Å². The summed E-state index contributed by atoms with van der Waals surface area (Å²) in [4.78, 5) is 0. The molecular formula is Cs2NaO4V-5. The fraction of sp³-hybridized carbons (Fsp3) is 0. The largest absolute Gasteiger partial charge is 2.00 e. The van der Waals surface area contributed by atoms with Crippen LogP contribution in [0.4, 0.5) is 0 Å². The zero-order valence-electron chi connectivity index (χ0n) is 5.08. The van der Waals surface area contributed by atoms with Crippen molar-refractivity contribution in [3.63, 3.8) is 0 Å². The van der Waals surface area contributed by atoms with E-state index in [2.05, 4.69) is 0 Å². The van der Waals surface area contributed by atoms with E-state index >= 15 is 0 Å². The van der Waals surface area contributed by atoms with Crippen molar-refractivity contribution in [1.29, 1.82) is 0 Å². The van der Waals surface area contributed by atoms with Gasteiger partial charge in [0.2, 0.25) is 0 Å². The van der Waals surface area contributed by atoms with Crippen LogP contribution in [0.1, 0.15) is 0 Å². The van der Waals surface area contributed by atoms with E-state index < -0.39 is 0 Å². The molecule has 0 amide bonds. The Hall–Kier alpha value is 5.53. The van der Waals surface area contributed by atoms with Gasteiger partial charge >= 0.3 is 167 Å². The Morgan fingerprint density at radius 1 is 0.500 bits per heavy atom. The van der Waals surface area contributed by atoms with Crippen molar-refractivity contribution < 1.29 is 208 Å². The van der Waals surface area contributed by atoms with Crippen LogP contribution in [-0.2, 0) is 40.5 Å². The van der Waals surface area contributed by atoms with E-state index in [0.717, 1.165) is 0 Å². The van der Waals surface area contributed by atoms with Crippen LogP contribution in [0.3, 0.4) is 0 Å². The van der Waals surface area contributed by atoms with Gasteiger partial charge < -0.3 is 21.9 Å². The summed E-state index contributed by atoms with van der Waals surface area (Å²) in [6, 6.07) is 0. The maximum Gasteiger partial charge on any atom is 1.00 e. The summed E-state index contributed by atoms with van der Waals surface area (Å²) < 4.78 is 0. The van der Waals surface area contributed by atoms with Crippen molar-refractivity contribution in [1.82, 2.24) is 0 Å². The summed E-state index contributed by atoms with van der Waals surface area (Å²) in [5.74, 6) is 0. The van der Waals surface area contributed by atoms with Gasteiger partial charge in [0, 0.05) is 18.6 Å². The molecule has 0 heterocycles. The second kappa shape index (κ2) is 54.5. The van der Waals surface area contributed by atoms with Crippen molar-refractivity contribution in [2.45, 2.75) is 0 Å². The molecule has 0 spiro atoms. The third kappa shape index (κ3) is 41.8. The molecule has 0 unspecified atom stereocenters. The molecule has 0 rings (SSSR count). The van der Waals surface area contributed by atoms with Crippen LogP contribution in [0.5, 0.6) is 0 Å². The minimum absolute atomic E-state index is 0. The smallest absolute Gasteiger partial charge is 1.00 e. The van der Waals surface area contributed by atoms with E-state index in [4.69, 9.17) is 0 Å². The van der Waals surface area contributed by atoms with Crippen molar-refractivity contribution in [2.24, 2.45) is 0 Å². The minimum Gasteiger partial charge on any atom is -2.00 e. The molecule has 4 nitrogen and oxygen atoms in total. The van der Waals surface area contributed by atoms with Gasteiger partial charge in [-0.1, -0.05) is 0 Å². The van der Waals surface area contributed by atoms with Gasteiger partial charge in [-0.15, -0.1) is 0 Å².